The molecule has 0 aromatic carbocycles. The minimum atomic E-state index is 0.129. The van der Waals surface area contributed by atoms with Crippen molar-refractivity contribution in [3.05, 3.63) is 42.0 Å². The van der Waals surface area contributed by atoms with E-state index >= 15 is 0 Å². The Balaban J connectivity index is 1.67. The van der Waals surface area contributed by atoms with Crippen molar-refractivity contribution in [1.82, 2.24) is 4.90 Å². The molecule has 3 rings (SSSR count). The smallest absolute Gasteiger partial charge is 0.223 e. The highest BCUT2D eigenvalue weighted by Crippen LogP contribution is 2.24. The molecule has 1 fully saturated rings. The molecule has 1 aliphatic rings. The standard InChI is InChI=1S/C19H26N2O3/c1-2-7-18(22)21(14-16-8-6-13-23-16)15-17-9-10-19(24-17)20-11-4-3-5-12-20/h6,8-10,13H,2-5,7,11-12,14-15H2,1H3. The summed E-state index contributed by atoms with van der Waals surface area (Å²) in [5.41, 5.74) is 0. The molecule has 2 aromatic heterocycles. The van der Waals surface area contributed by atoms with Gasteiger partial charge in [0.1, 0.15) is 11.5 Å². The molecular weight excluding hydrogens is 304 g/mol. The van der Waals surface area contributed by atoms with Gasteiger partial charge < -0.3 is 18.6 Å². The Morgan fingerprint density at radius 3 is 2.62 bits per heavy atom. The highest BCUT2D eigenvalue weighted by molar-refractivity contribution is 5.76. The highest BCUT2D eigenvalue weighted by atomic mass is 16.4. The molecule has 0 N–H and O–H groups in total. The predicted molar refractivity (Wildman–Crippen MR) is 92.6 cm³/mol. The zero-order chi connectivity index (χ0) is 16.8. The molecule has 1 aliphatic heterocycles. The Bertz CT molecular complexity index is 627. The first kappa shape index (κ1) is 16.7. The van der Waals surface area contributed by atoms with Crippen LogP contribution in [0.1, 0.15) is 50.5 Å². The third kappa shape index (κ3) is 4.22. The van der Waals surface area contributed by atoms with Crippen LogP contribution in [0.15, 0.2) is 39.4 Å². The number of hydrogen-bond donors (Lipinski definition) is 0. The first-order chi connectivity index (χ1) is 11.8. The third-order valence-electron chi connectivity index (χ3n) is 4.41. The van der Waals surface area contributed by atoms with Gasteiger partial charge in [-0.1, -0.05) is 6.92 Å². The van der Waals surface area contributed by atoms with Crippen LogP contribution < -0.4 is 4.90 Å². The number of nitrogens with zero attached hydrogens (tertiary/aromatic N) is 2. The van der Waals surface area contributed by atoms with Gasteiger partial charge in [-0.25, -0.2) is 0 Å². The molecule has 0 bridgehead atoms. The average molecular weight is 330 g/mol. The van der Waals surface area contributed by atoms with Crippen LogP contribution in [0.5, 0.6) is 0 Å². The summed E-state index contributed by atoms with van der Waals surface area (Å²) in [6.07, 6.45) is 6.75. The fraction of sp³-hybridized carbons (Fsp3) is 0.526. The summed E-state index contributed by atoms with van der Waals surface area (Å²) in [6, 6.07) is 7.75. The van der Waals surface area contributed by atoms with E-state index < -0.39 is 0 Å². The second-order valence-corrected chi connectivity index (χ2v) is 6.37. The summed E-state index contributed by atoms with van der Waals surface area (Å²) >= 11 is 0. The second-order valence-electron chi connectivity index (χ2n) is 6.37. The van der Waals surface area contributed by atoms with Gasteiger partial charge in [0.2, 0.25) is 5.91 Å². The fourth-order valence-electron chi connectivity index (χ4n) is 3.12. The molecule has 1 amide bonds. The van der Waals surface area contributed by atoms with Crippen molar-refractivity contribution in [2.24, 2.45) is 0 Å². The maximum atomic E-state index is 12.4. The van der Waals surface area contributed by atoms with Crippen LogP contribution in [0.2, 0.25) is 0 Å². The Morgan fingerprint density at radius 1 is 1.12 bits per heavy atom. The lowest BCUT2D eigenvalue weighted by molar-refractivity contribution is -0.133. The fourth-order valence-corrected chi connectivity index (χ4v) is 3.12. The average Bonchev–Trinajstić information content (AvgIpc) is 3.27. The summed E-state index contributed by atoms with van der Waals surface area (Å²) in [5.74, 6) is 2.67. The molecule has 0 aliphatic carbocycles. The van der Waals surface area contributed by atoms with Gasteiger partial charge in [-0.15, -0.1) is 0 Å². The summed E-state index contributed by atoms with van der Waals surface area (Å²) in [5, 5.41) is 0. The number of furan rings is 2. The van der Waals surface area contributed by atoms with Crippen LogP contribution in [0, 0.1) is 0 Å². The van der Waals surface area contributed by atoms with Crippen molar-refractivity contribution in [1.29, 1.82) is 0 Å². The number of hydrogen-bond acceptors (Lipinski definition) is 4. The maximum absolute atomic E-state index is 12.4. The predicted octanol–water partition coefficient (Wildman–Crippen LogP) is 4.19. The Morgan fingerprint density at radius 2 is 1.92 bits per heavy atom. The highest BCUT2D eigenvalue weighted by Gasteiger charge is 2.19. The van der Waals surface area contributed by atoms with Crippen molar-refractivity contribution in [2.75, 3.05) is 18.0 Å². The van der Waals surface area contributed by atoms with Gasteiger partial charge in [-0.2, -0.15) is 0 Å². The van der Waals surface area contributed by atoms with Crippen molar-refractivity contribution in [3.63, 3.8) is 0 Å². The molecule has 3 heterocycles. The van der Waals surface area contributed by atoms with E-state index in [4.69, 9.17) is 8.83 Å². The quantitative estimate of drug-likeness (QED) is 0.764. The lowest BCUT2D eigenvalue weighted by Crippen LogP contribution is -2.30. The Kier molecular flexibility index (Phi) is 5.62. The molecule has 5 heteroatoms. The zero-order valence-electron chi connectivity index (χ0n) is 14.4. The molecule has 0 radical (unpaired) electrons. The van der Waals surface area contributed by atoms with E-state index in [0.717, 1.165) is 36.9 Å². The number of amides is 1. The van der Waals surface area contributed by atoms with Crippen molar-refractivity contribution < 1.29 is 13.6 Å². The molecule has 1 saturated heterocycles. The zero-order valence-corrected chi connectivity index (χ0v) is 14.4. The number of piperidine rings is 1. The molecule has 0 spiro atoms. The van der Waals surface area contributed by atoms with Gasteiger partial charge in [-0.05, 0) is 43.9 Å². The van der Waals surface area contributed by atoms with Gasteiger partial charge >= 0.3 is 0 Å². The maximum Gasteiger partial charge on any atom is 0.223 e. The molecule has 5 nitrogen and oxygen atoms in total. The largest absolute Gasteiger partial charge is 0.467 e. The van der Waals surface area contributed by atoms with Crippen LogP contribution in [-0.4, -0.2) is 23.9 Å². The van der Waals surface area contributed by atoms with Gasteiger partial charge in [0.25, 0.3) is 0 Å². The lowest BCUT2D eigenvalue weighted by Gasteiger charge is -2.26. The van der Waals surface area contributed by atoms with Gasteiger partial charge in [0, 0.05) is 25.6 Å². The topological polar surface area (TPSA) is 49.8 Å². The van der Waals surface area contributed by atoms with Crippen LogP contribution in [0.4, 0.5) is 5.88 Å². The molecule has 0 atom stereocenters. The summed E-state index contributed by atoms with van der Waals surface area (Å²) < 4.78 is 11.4. The van der Waals surface area contributed by atoms with Gasteiger partial charge in [-0.3, -0.25) is 4.79 Å². The molecular formula is C19H26N2O3. The van der Waals surface area contributed by atoms with Gasteiger partial charge in [0.05, 0.1) is 19.4 Å². The lowest BCUT2D eigenvalue weighted by atomic mass is 10.1. The number of carbonyl (C=O) groups excluding carboxylic acids is 1. The van der Waals surface area contributed by atoms with E-state index in [-0.39, 0.29) is 5.91 Å². The van der Waals surface area contributed by atoms with Crippen LogP contribution in [0.25, 0.3) is 0 Å². The number of rotatable bonds is 7. The first-order valence-corrected chi connectivity index (χ1v) is 8.90. The minimum absolute atomic E-state index is 0.129. The Labute approximate surface area is 143 Å². The number of carbonyl (C=O) groups is 1. The Hall–Kier alpha value is -2.17. The summed E-state index contributed by atoms with van der Waals surface area (Å²) in [4.78, 5) is 16.5. The van der Waals surface area contributed by atoms with Crippen molar-refractivity contribution in [2.45, 2.75) is 52.1 Å². The van der Waals surface area contributed by atoms with E-state index in [1.54, 1.807) is 11.2 Å². The molecule has 0 unspecified atom stereocenters. The van der Waals surface area contributed by atoms with Crippen LogP contribution in [-0.2, 0) is 17.9 Å². The second kappa shape index (κ2) is 8.08. The third-order valence-corrected chi connectivity index (χ3v) is 4.41. The molecule has 2 aromatic rings. The SMILES string of the molecule is CCCC(=O)N(Cc1ccco1)Cc1ccc(N2CCCCC2)o1. The summed E-state index contributed by atoms with van der Waals surface area (Å²) in [7, 11) is 0. The first-order valence-electron chi connectivity index (χ1n) is 8.90. The van der Waals surface area contributed by atoms with E-state index in [9.17, 15) is 4.79 Å². The van der Waals surface area contributed by atoms with E-state index in [2.05, 4.69) is 4.90 Å². The van der Waals surface area contributed by atoms with E-state index in [1.807, 2.05) is 31.2 Å². The van der Waals surface area contributed by atoms with Gasteiger partial charge in [0.15, 0.2) is 5.88 Å². The minimum Gasteiger partial charge on any atom is -0.467 e. The normalized spacial score (nSPS) is 14.8. The van der Waals surface area contributed by atoms with Crippen molar-refractivity contribution >= 4 is 11.8 Å². The number of anilines is 1. The van der Waals surface area contributed by atoms with E-state index in [0.29, 0.717) is 19.5 Å². The molecule has 24 heavy (non-hydrogen) atoms. The van der Waals surface area contributed by atoms with E-state index in [1.165, 1.54) is 19.3 Å². The monoisotopic (exact) mass is 330 g/mol. The van der Waals surface area contributed by atoms with Crippen molar-refractivity contribution in [3.8, 4) is 0 Å². The molecule has 0 saturated carbocycles. The summed E-state index contributed by atoms with van der Waals surface area (Å²) in [6.45, 7) is 5.08. The molecule has 130 valence electrons. The van der Waals surface area contributed by atoms with Crippen LogP contribution >= 0.6 is 0 Å². The van der Waals surface area contributed by atoms with Crippen LogP contribution in [0.3, 0.4) is 0 Å².